The van der Waals surface area contributed by atoms with E-state index in [4.69, 9.17) is 0 Å². The number of benzene rings is 1. The molecule has 2 rings (SSSR count). The van der Waals surface area contributed by atoms with Gasteiger partial charge in [0.2, 0.25) is 0 Å². The second-order valence-electron chi connectivity index (χ2n) is 5.00. The van der Waals surface area contributed by atoms with Crippen LogP contribution in [0.15, 0.2) is 29.1 Å². The Morgan fingerprint density at radius 3 is 2.42 bits per heavy atom. The molecule has 19 heavy (non-hydrogen) atoms. The Morgan fingerprint density at radius 1 is 1.16 bits per heavy atom. The van der Waals surface area contributed by atoms with Gasteiger partial charge in [-0.3, -0.25) is 9.89 Å². The fourth-order valence-electron chi connectivity index (χ4n) is 2.32. The number of nitrogens with zero attached hydrogens (tertiary/aromatic N) is 1. The summed E-state index contributed by atoms with van der Waals surface area (Å²) in [5.41, 5.74) is 4.22. The van der Waals surface area contributed by atoms with Crippen LogP contribution < -0.4 is 5.56 Å². The molecule has 1 aromatic heterocycles. The van der Waals surface area contributed by atoms with Crippen molar-refractivity contribution in [1.29, 1.82) is 0 Å². The monoisotopic (exact) mass is 258 g/mol. The minimum absolute atomic E-state index is 0.0949. The van der Waals surface area contributed by atoms with Gasteiger partial charge in [-0.25, -0.2) is 4.68 Å². The molecule has 0 unspecified atom stereocenters. The van der Waals surface area contributed by atoms with Gasteiger partial charge < -0.3 is 0 Å². The molecule has 0 aliphatic heterocycles. The third-order valence-corrected chi connectivity index (χ3v) is 3.50. The molecule has 3 heteroatoms. The Hall–Kier alpha value is -1.77. The lowest BCUT2D eigenvalue weighted by molar-refractivity contribution is 0.745. The van der Waals surface area contributed by atoms with Crippen LogP contribution >= 0.6 is 0 Å². The van der Waals surface area contributed by atoms with E-state index in [0.717, 1.165) is 42.6 Å². The number of H-pyrrole nitrogens is 1. The number of aromatic amines is 1. The van der Waals surface area contributed by atoms with E-state index in [1.165, 1.54) is 5.56 Å². The van der Waals surface area contributed by atoms with Crippen molar-refractivity contribution >= 4 is 0 Å². The van der Waals surface area contributed by atoms with E-state index in [2.05, 4.69) is 12.0 Å². The van der Waals surface area contributed by atoms with Gasteiger partial charge in [-0.15, -0.1) is 0 Å². The highest BCUT2D eigenvalue weighted by molar-refractivity contribution is 5.35. The molecule has 0 aliphatic carbocycles. The molecule has 102 valence electrons. The van der Waals surface area contributed by atoms with E-state index in [9.17, 15) is 4.79 Å². The van der Waals surface area contributed by atoms with Gasteiger partial charge >= 0.3 is 0 Å². The van der Waals surface area contributed by atoms with Crippen molar-refractivity contribution in [2.45, 2.75) is 46.5 Å². The SMILES string of the molecule is CCCCc1[nH]n(-c2ccc(C)cc2)c(=O)c1CC. The molecule has 0 fully saturated rings. The fraction of sp³-hybridized carbons (Fsp3) is 0.438. The standard InChI is InChI=1S/C16H22N2O/c1-4-6-7-15-14(5-2)16(19)18(17-15)13-10-8-12(3)9-11-13/h8-11,17H,4-7H2,1-3H3. The lowest BCUT2D eigenvalue weighted by Crippen LogP contribution is -2.16. The molecule has 3 nitrogen and oxygen atoms in total. The van der Waals surface area contributed by atoms with Crippen LogP contribution in [0.2, 0.25) is 0 Å². The molecule has 0 aliphatic rings. The van der Waals surface area contributed by atoms with Crippen molar-refractivity contribution in [1.82, 2.24) is 9.78 Å². The third kappa shape index (κ3) is 2.80. The van der Waals surface area contributed by atoms with Gasteiger partial charge in [0, 0.05) is 11.3 Å². The zero-order valence-electron chi connectivity index (χ0n) is 12.0. The first kappa shape index (κ1) is 13.7. The van der Waals surface area contributed by atoms with Crippen molar-refractivity contribution in [3.63, 3.8) is 0 Å². The summed E-state index contributed by atoms with van der Waals surface area (Å²) >= 11 is 0. The summed E-state index contributed by atoms with van der Waals surface area (Å²) in [6.07, 6.45) is 3.99. The first-order valence-electron chi connectivity index (χ1n) is 7.07. The van der Waals surface area contributed by atoms with Crippen molar-refractivity contribution in [3.05, 3.63) is 51.4 Å². The Kier molecular flexibility index (Phi) is 4.25. The number of hydrogen-bond acceptors (Lipinski definition) is 1. The fourth-order valence-corrected chi connectivity index (χ4v) is 2.32. The minimum Gasteiger partial charge on any atom is -0.295 e. The van der Waals surface area contributed by atoms with Gasteiger partial charge in [-0.05, 0) is 38.3 Å². The van der Waals surface area contributed by atoms with Gasteiger partial charge in [0.1, 0.15) is 0 Å². The van der Waals surface area contributed by atoms with E-state index in [1.807, 2.05) is 38.1 Å². The molecule has 1 aromatic carbocycles. The summed E-state index contributed by atoms with van der Waals surface area (Å²) in [6, 6.07) is 8.02. The van der Waals surface area contributed by atoms with Crippen molar-refractivity contribution in [2.75, 3.05) is 0 Å². The molecule has 0 saturated heterocycles. The molecule has 0 radical (unpaired) electrons. The minimum atomic E-state index is 0.0949. The van der Waals surface area contributed by atoms with Crippen LogP contribution in [-0.4, -0.2) is 9.78 Å². The quantitative estimate of drug-likeness (QED) is 0.877. The Bertz CT molecular complexity index is 590. The highest BCUT2D eigenvalue weighted by Crippen LogP contribution is 2.11. The third-order valence-electron chi connectivity index (χ3n) is 3.50. The average Bonchev–Trinajstić information content (AvgIpc) is 2.73. The van der Waals surface area contributed by atoms with Crippen LogP contribution in [0.1, 0.15) is 43.5 Å². The Morgan fingerprint density at radius 2 is 1.84 bits per heavy atom. The van der Waals surface area contributed by atoms with E-state index in [-0.39, 0.29) is 5.56 Å². The summed E-state index contributed by atoms with van der Waals surface area (Å²) < 4.78 is 1.67. The molecule has 0 amide bonds. The Balaban J connectivity index is 2.43. The van der Waals surface area contributed by atoms with Gasteiger partial charge in [0.05, 0.1) is 5.69 Å². The van der Waals surface area contributed by atoms with Crippen LogP contribution in [-0.2, 0) is 12.8 Å². The zero-order valence-corrected chi connectivity index (χ0v) is 12.0. The van der Waals surface area contributed by atoms with Gasteiger partial charge in [-0.2, -0.15) is 0 Å². The van der Waals surface area contributed by atoms with E-state index in [1.54, 1.807) is 4.68 Å². The molecule has 2 aromatic rings. The molecular formula is C16H22N2O. The summed E-state index contributed by atoms with van der Waals surface area (Å²) in [7, 11) is 0. The maximum atomic E-state index is 12.4. The zero-order chi connectivity index (χ0) is 13.8. The number of aryl methyl sites for hydroxylation is 2. The topological polar surface area (TPSA) is 37.8 Å². The largest absolute Gasteiger partial charge is 0.295 e. The summed E-state index contributed by atoms with van der Waals surface area (Å²) in [6.45, 7) is 6.26. The number of aromatic nitrogens is 2. The van der Waals surface area contributed by atoms with Crippen LogP contribution in [0.4, 0.5) is 0 Å². The number of rotatable bonds is 5. The van der Waals surface area contributed by atoms with Crippen molar-refractivity contribution in [2.24, 2.45) is 0 Å². The summed E-state index contributed by atoms with van der Waals surface area (Å²) in [4.78, 5) is 12.4. The predicted octanol–water partition coefficient (Wildman–Crippen LogP) is 3.38. The molecule has 0 saturated carbocycles. The van der Waals surface area contributed by atoms with E-state index >= 15 is 0 Å². The van der Waals surface area contributed by atoms with Crippen LogP contribution in [0, 0.1) is 6.92 Å². The molecular weight excluding hydrogens is 236 g/mol. The summed E-state index contributed by atoms with van der Waals surface area (Å²) in [5, 5.41) is 3.28. The highest BCUT2D eigenvalue weighted by Gasteiger charge is 2.12. The molecule has 1 heterocycles. The molecule has 0 atom stereocenters. The van der Waals surface area contributed by atoms with E-state index in [0.29, 0.717) is 0 Å². The van der Waals surface area contributed by atoms with Crippen molar-refractivity contribution < 1.29 is 0 Å². The number of unbranched alkanes of at least 4 members (excludes halogenated alkanes) is 1. The first-order chi connectivity index (χ1) is 9.17. The van der Waals surface area contributed by atoms with E-state index < -0.39 is 0 Å². The number of hydrogen-bond donors (Lipinski definition) is 1. The normalized spacial score (nSPS) is 10.9. The maximum Gasteiger partial charge on any atom is 0.274 e. The van der Waals surface area contributed by atoms with Crippen LogP contribution in [0.5, 0.6) is 0 Å². The van der Waals surface area contributed by atoms with Crippen LogP contribution in [0.25, 0.3) is 5.69 Å². The maximum absolute atomic E-state index is 12.4. The lowest BCUT2D eigenvalue weighted by atomic mass is 10.1. The Labute approximate surface area is 114 Å². The smallest absolute Gasteiger partial charge is 0.274 e. The highest BCUT2D eigenvalue weighted by atomic mass is 16.1. The lowest BCUT2D eigenvalue weighted by Gasteiger charge is -2.02. The number of nitrogens with one attached hydrogen (secondary N) is 1. The first-order valence-corrected chi connectivity index (χ1v) is 7.07. The van der Waals surface area contributed by atoms with Crippen LogP contribution in [0.3, 0.4) is 0 Å². The van der Waals surface area contributed by atoms with Gasteiger partial charge in [0.15, 0.2) is 0 Å². The van der Waals surface area contributed by atoms with Gasteiger partial charge in [-0.1, -0.05) is 38.0 Å². The van der Waals surface area contributed by atoms with Crippen molar-refractivity contribution in [3.8, 4) is 5.69 Å². The second-order valence-corrected chi connectivity index (χ2v) is 5.00. The predicted molar refractivity (Wildman–Crippen MR) is 79.1 cm³/mol. The molecule has 0 spiro atoms. The molecule has 0 bridgehead atoms. The van der Waals surface area contributed by atoms with Gasteiger partial charge in [0.25, 0.3) is 5.56 Å². The second kappa shape index (κ2) is 5.91. The summed E-state index contributed by atoms with van der Waals surface area (Å²) in [5.74, 6) is 0. The molecule has 1 N–H and O–H groups in total. The average molecular weight is 258 g/mol.